The molecule has 1 aromatic carbocycles. The number of carbonyl (C=O) groups is 2. The molecule has 0 aliphatic carbocycles. The van der Waals surface area contributed by atoms with Gasteiger partial charge in [0.05, 0.1) is 7.11 Å². The molecule has 1 aliphatic heterocycles. The number of aromatic hydroxyl groups is 1. The van der Waals surface area contributed by atoms with Gasteiger partial charge >= 0.3 is 11.9 Å². The Morgan fingerprint density at radius 1 is 1.19 bits per heavy atom. The molecular formula is C17H22O9. The molecule has 1 aliphatic rings. The summed E-state index contributed by atoms with van der Waals surface area (Å²) in [6.07, 6.45) is -6.97. The number of rotatable bonds is 5. The van der Waals surface area contributed by atoms with Crippen molar-refractivity contribution < 1.29 is 43.9 Å². The van der Waals surface area contributed by atoms with Crippen molar-refractivity contribution in [2.45, 2.75) is 51.0 Å². The first kappa shape index (κ1) is 20.0. The second-order valence-corrected chi connectivity index (χ2v) is 5.76. The first-order valence-electron chi connectivity index (χ1n) is 8.03. The standard InChI is InChI=1S/C17H22O9/c1-4-12(20)25-17-16(24-8(2)18)14(22)13(21)15(26-17)9-5-6-11(23-3)10(19)7-9/h5-7,13-17,19,21-22H,4H2,1-3H3/t13-,14+,15+,16-,17-/m0/s1. The second kappa shape index (κ2) is 8.35. The molecule has 0 aromatic heterocycles. The molecule has 1 saturated heterocycles. The lowest BCUT2D eigenvalue weighted by Crippen LogP contribution is -2.56. The molecule has 0 saturated carbocycles. The van der Waals surface area contributed by atoms with Crippen molar-refractivity contribution in [1.82, 2.24) is 0 Å². The summed E-state index contributed by atoms with van der Waals surface area (Å²) in [7, 11) is 1.38. The Kier molecular flexibility index (Phi) is 6.41. The molecule has 0 unspecified atom stereocenters. The first-order valence-corrected chi connectivity index (χ1v) is 8.03. The highest BCUT2D eigenvalue weighted by atomic mass is 16.7. The van der Waals surface area contributed by atoms with Crippen molar-refractivity contribution in [3.63, 3.8) is 0 Å². The topological polar surface area (TPSA) is 132 Å². The smallest absolute Gasteiger partial charge is 0.307 e. The number of phenols is 1. The van der Waals surface area contributed by atoms with Crippen LogP contribution in [-0.4, -0.2) is 59.0 Å². The molecule has 1 aromatic rings. The molecule has 3 N–H and O–H groups in total. The average molecular weight is 370 g/mol. The monoisotopic (exact) mass is 370 g/mol. The number of hydrogen-bond donors (Lipinski definition) is 3. The minimum absolute atomic E-state index is 0.0410. The summed E-state index contributed by atoms with van der Waals surface area (Å²) in [5.74, 6) is -1.35. The average Bonchev–Trinajstić information content (AvgIpc) is 2.60. The zero-order valence-electron chi connectivity index (χ0n) is 14.6. The van der Waals surface area contributed by atoms with Crippen molar-refractivity contribution >= 4 is 11.9 Å². The van der Waals surface area contributed by atoms with Crippen molar-refractivity contribution in [2.75, 3.05) is 7.11 Å². The SMILES string of the molecule is CCC(=O)O[C@H]1O[C@H](c2ccc(OC)c(O)c2)[C@@H](O)[C@@H](O)[C@@H]1OC(C)=O. The van der Waals surface area contributed by atoms with Gasteiger partial charge in [-0.2, -0.15) is 0 Å². The van der Waals surface area contributed by atoms with Gasteiger partial charge in [-0.1, -0.05) is 13.0 Å². The van der Waals surface area contributed by atoms with Crippen LogP contribution in [0.2, 0.25) is 0 Å². The molecule has 5 atom stereocenters. The van der Waals surface area contributed by atoms with E-state index in [9.17, 15) is 24.9 Å². The van der Waals surface area contributed by atoms with Crippen LogP contribution in [0.5, 0.6) is 11.5 Å². The lowest BCUT2D eigenvalue weighted by atomic mass is 9.93. The minimum Gasteiger partial charge on any atom is -0.504 e. The number of methoxy groups -OCH3 is 1. The van der Waals surface area contributed by atoms with Crippen molar-refractivity contribution in [3.8, 4) is 11.5 Å². The van der Waals surface area contributed by atoms with E-state index >= 15 is 0 Å². The number of aliphatic hydroxyl groups excluding tert-OH is 2. The Morgan fingerprint density at radius 3 is 2.42 bits per heavy atom. The van der Waals surface area contributed by atoms with Crippen LogP contribution in [0.1, 0.15) is 31.9 Å². The van der Waals surface area contributed by atoms with Crippen LogP contribution in [0.3, 0.4) is 0 Å². The minimum atomic E-state index is -1.57. The molecule has 0 spiro atoms. The van der Waals surface area contributed by atoms with Gasteiger partial charge in [0.25, 0.3) is 0 Å². The zero-order valence-corrected chi connectivity index (χ0v) is 14.6. The van der Waals surface area contributed by atoms with Crippen LogP contribution in [0.4, 0.5) is 0 Å². The van der Waals surface area contributed by atoms with Gasteiger partial charge in [0.1, 0.15) is 18.3 Å². The Balaban J connectivity index is 2.32. The maximum Gasteiger partial charge on any atom is 0.307 e. The molecular weight excluding hydrogens is 348 g/mol. The van der Waals surface area contributed by atoms with Gasteiger partial charge < -0.3 is 34.3 Å². The molecule has 9 heteroatoms. The van der Waals surface area contributed by atoms with Crippen molar-refractivity contribution in [2.24, 2.45) is 0 Å². The number of benzene rings is 1. The fourth-order valence-electron chi connectivity index (χ4n) is 2.62. The molecule has 9 nitrogen and oxygen atoms in total. The summed E-state index contributed by atoms with van der Waals surface area (Å²) in [6, 6.07) is 4.27. The summed E-state index contributed by atoms with van der Waals surface area (Å²) in [5, 5.41) is 30.7. The number of phenolic OH excluding ortho intramolecular Hbond substituents is 1. The van der Waals surface area contributed by atoms with E-state index in [2.05, 4.69) is 0 Å². The number of esters is 2. The van der Waals surface area contributed by atoms with Gasteiger partial charge in [0.2, 0.25) is 6.29 Å². The first-order chi connectivity index (χ1) is 12.3. The van der Waals surface area contributed by atoms with Gasteiger partial charge in [-0.3, -0.25) is 9.59 Å². The molecule has 1 heterocycles. The highest BCUT2D eigenvalue weighted by Crippen LogP contribution is 2.37. The molecule has 1 fully saturated rings. The van der Waals surface area contributed by atoms with Crippen LogP contribution >= 0.6 is 0 Å². The summed E-state index contributed by atoms with van der Waals surface area (Å²) >= 11 is 0. The predicted molar refractivity (Wildman–Crippen MR) is 86.2 cm³/mol. The second-order valence-electron chi connectivity index (χ2n) is 5.76. The summed E-state index contributed by atoms with van der Waals surface area (Å²) in [4.78, 5) is 22.9. The Hall–Kier alpha value is -2.36. The van der Waals surface area contributed by atoms with E-state index in [0.29, 0.717) is 5.56 Å². The number of ether oxygens (including phenoxy) is 4. The normalized spacial score (nSPS) is 28.3. The third kappa shape index (κ3) is 4.24. The highest BCUT2D eigenvalue weighted by Gasteiger charge is 2.48. The molecule has 144 valence electrons. The van der Waals surface area contributed by atoms with Crippen LogP contribution in [0.25, 0.3) is 0 Å². The van der Waals surface area contributed by atoms with Gasteiger partial charge in [0.15, 0.2) is 17.6 Å². The zero-order chi connectivity index (χ0) is 19.4. The van der Waals surface area contributed by atoms with Crippen LogP contribution in [-0.2, 0) is 23.8 Å². The van der Waals surface area contributed by atoms with E-state index in [0.717, 1.165) is 6.92 Å². The van der Waals surface area contributed by atoms with E-state index < -0.39 is 42.6 Å². The van der Waals surface area contributed by atoms with E-state index in [-0.39, 0.29) is 17.9 Å². The van der Waals surface area contributed by atoms with E-state index in [4.69, 9.17) is 18.9 Å². The van der Waals surface area contributed by atoms with E-state index in [1.807, 2.05) is 0 Å². The Morgan fingerprint density at radius 2 is 1.88 bits per heavy atom. The molecule has 0 bridgehead atoms. The summed E-state index contributed by atoms with van der Waals surface area (Å²) in [6.45, 7) is 2.68. The van der Waals surface area contributed by atoms with Gasteiger partial charge in [0, 0.05) is 13.3 Å². The maximum absolute atomic E-state index is 11.6. The Labute approximate surface area is 150 Å². The maximum atomic E-state index is 11.6. The lowest BCUT2D eigenvalue weighted by molar-refractivity contribution is -0.294. The largest absolute Gasteiger partial charge is 0.504 e. The quantitative estimate of drug-likeness (QED) is 0.630. The lowest BCUT2D eigenvalue weighted by Gasteiger charge is -2.41. The van der Waals surface area contributed by atoms with Crippen molar-refractivity contribution in [1.29, 1.82) is 0 Å². The predicted octanol–water partition coefficient (Wildman–Crippen LogP) is 0.405. The highest BCUT2D eigenvalue weighted by molar-refractivity contribution is 5.69. The third-order valence-electron chi connectivity index (χ3n) is 3.92. The summed E-state index contributed by atoms with van der Waals surface area (Å²) < 4.78 is 20.6. The van der Waals surface area contributed by atoms with E-state index in [1.54, 1.807) is 6.92 Å². The van der Waals surface area contributed by atoms with E-state index in [1.165, 1.54) is 25.3 Å². The number of aliphatic hydroxyl groups is 2. The van der Waals surface area contributed by atoms with Crippen LogP contribution in [0.15, 0.2) is 18.2 Å². The Bertz CT molecular complexity index is 660. The van der Waals surface area contributed by atoms with Crippen LogP contribution in [0, 0.1) is 0 Å². The fraction of sp³-hybridized carbons (Fsp3) is 0.529. The molecule has 0 radical (unpaired) electrons. The van der Waals surface area contributed by atoms with Gasteiger partial charge in [-0.15, -0.1) is 0 Å². The third-order valence-corrected chi connectivity index (χ3v) is 3.92. The summed E-state index contributed by atoms with van der Waals surface area (Å²) in [5.41, 5.74) is 0.314. The molecule has 2 rings (SSSR count). The number of hydrogen-bond acceptors (Lipinski definition) is 9. The van der Waals surface area contributed by atoms with Crippen molar-refractivity contribution in [3.05, 3.63) is 23.8 Å². The van der Waals surface area contributed by atoms with Gasteiger partial charge in [-0.05, 0) is 17.7 Å². The molecule has 0 amide bonds. The fourth-order valence-corrected chi connectivity index (χ4v) is 2.62. The van der Waals surface area contributed by atoms with Gasteiger partial charge in [-0.25, -0.2) is 0 Å². The van der Waals surface area contributed by atoms with Crippen LogP contribution < -0.4 is 4.74 Å². The molecule has 26 heavy (non-hydrogen) atoms. The number of carbonyl (C=O) groups excluding carboxylic acids is 2.